The highest BCUT2D eigenvalue weighted by Gasteiger charge is 2.33. The zero-order valence-electron chi connectivity index (χ0n) is 10.7. The average molecular weight is 296 g/mol. The smallest absolute Gasteiger partial charge is 0.0348 e. The molecule has 1 aliphatic rings. The summed E-state index contributed by atoms with van der Waals surface area (Å²) < 4.78 is 1.16. The molecule has 2 atom stereocenters. The Morgan fingerprint density at radius 2 is 1.94 bits per heavy atom. The van der Waals surface area contributed by atoms with E-state index in [-0.39, 0.29) is 0 Å². The number of hydrogen-bond acceptors (Lipinski definition) is 1. The maximum Gasteiger partial charge on any atom is 0.0348 e. The summed E-state index contributed by atoms with van der Waals surface area (Å²) in [5.74, 6) is 1.69. The molecule has 1 aliphatic carbocycles. The van der Waals surface area contributed by atoms with E-state index >= 15 is 0 Å². The summed E-state index contributed by atoms with van der Waals surface area (Å²) in [4.78, 5) is 0. The van der Waals surface area contributed by atoms with Crippen molar-refractivity contribution in [2.75, 3.05) is 6.54 Å². The quantitative estimate of drug-likeness (QED) is 0.813. The van der Waals surface area contributed by atoms with Crippen LogP contribution in [0.5, 0.6) is 0 Å². The summed E-state index contributed by atoms with van der Waals surface area (Å²) in [5.41, 5.74) is 1.43. The molecule has 1 N–H and O–H groups in total. The van der Waals surface area contributed by atoms with Crippen LogP contribution in [0, 0.1) is 11.8 Å². The Labute approximate surface area is 113 Å². The molecule has 0 radical (unpaired) electrons. The van der Waals surface area contributed by atoms with Crippen LogP contribution in [0.15, 0.2) is 28.7 Å². The summed E-state index contributed by atoms with van der Waals surface area (Å²) in [5, 5.41) is 3.71. The molecule has 0 saturated heterocycles. The minimum absolute atomic E-state index is 0.524. The highest BCUT2D eigenvalue weighted by molar-refractivity contribution is 9.10. The van der Waals surface area contributed by atoms with Gasteiger partial charge in [-0.15, -0.1) is 0 Å². The predicted molar refractivity (Wildman–Crippen MR) is 77.1 cm³/mol. The predicted octanol–water partition coefficient (Wildman–Crippen LogP) is 4.54. The van der Waals surface area contributed by atoms with Crippen molar-refractivity contribution in [1.29, 1.82) is 0 Å². The molecule has 2 heteroatoms. The lowest BCUT2D eigenvalue weighted by molar-refractivity contribution is 0.350. The monoisotopic (exact) mass is 295 g/mol. The van der Waals surface area contributed by atoms with Gasteiger partial charge in [0.15, 0.2) is 0 Å². The Morgan fingerprint density at radius 3 is 2.47 bits per heavy atom. The molecule has 0 aromatic heterocycles. The molecule has 1 saturated carbocycles. The molecule has 0 heterocycles. The van der Waals surface area contributed by atoms with Crippen molar-refractivity contribution in [3.8, 4) is 0 Å². The van der Waals surface area contributed by atoms with Gasteiger partial charge in [0.1, 0.15) is 0 Å². The molecule has 94 valence electrons. The molecule has 2 unspecified atom stereocenters. The fraction of sp³-hybridized carbons (Fsp3) is 0.600. The van der Waals surface area contributed by atoms with E-state index in [1.165, 1.54) is 24.8 Å². The molecule has 2 rings (SSSR count). The van der Waals surface area contributed by atoms with Gasteiger partial charge in [0.25, 0.3) is 0 Å². The number of hydrogen-bond donors (Lipinski definition) is 1. The van der Waals surface area contributed by atoms with Crippen molar-refractivity contribution in [3.63, 3.8) is 0 Å². The lowest BCUT2D eigenvalue weighted by Gasteiger charge is -2.25. The van der Waals surface area contributed by atoms with Crippen LogP contribution in [0.1, 0.15) is 44.7 Å². The summed E-state index contributed by atoms with van der Waals surface area (Å²) in [7, 11) is 0. The number of nitrogens with one attached hydrogen (secondary N) is 1. The van der Waals surface area contributed by atoms with Gasteiger partial charge in [0.05, 0.1) is 0 Å². The molecule has 1 aromatic rings. The second-order valence-corrected chi connectivity index (χ2v) is 6.10. The normalized spacial score (nSPS) is 19.0. The van der Waals surface area contributed by atoms with Crippen molar-refractivity contribution < 1.29 is 0 Å². The molecule has 0 aliphatic heterocycles. The van der Waals surface area contributed by atoms with Gasteiger partial charge in [0.2, 0.25) is 0 Å². The van der Waals surface area contributed by atoms with Crippen LogP contribution in [0.25, 0.3) is 0 Å². The molecule has 1 fully saturated rings. The maximum absolute atomic E-state index is 3.71. The minimum Gasteiger partial charge on any atom is -0.310 e. The molecular weight excluding hydrogens is 274 g/mol. The fourth-order valence-corrected chi connectivity index (χ4v) is 2.74. The van der Waals surface area contributed by atoms with E-state index in [1.807, 2.05) is 0 Å². The summed E-state index contributed by atoms with van der Waals surface area (Å²) in [6, 6.07) is 9.31. The van der Waals surface area contributed by atoms with Gasteiger partial charge in [-0.2, -0.15) is 0 Å². The van der Waals surface area contributed by atoms with Crippen LogP contribution in [0.2, 0.25) is 0 Å². The third-order valence-electron chi connectivity index (χ3n) is 3.73. The van der Waals surface area contributed by atoms with E-state index in [2.05, 4.69) is 59.4 Å². The van der Waals surface area contributed by atoms with Crippen LogP contribution in [-0.4, -0.2) is 6.54 Å². The van der Waals surface area contributed by atoms with Crippen molar-refractivity contribution in [2.24, 2.45) is 11.8 Å². The van der Waals surface area contributed by atoms with E-state index in [0.717, 1.165) is 22.9 Å². The Kier molecular flexibility index (Phi) is 4.63. The second-order valence-electron chi connectivity index (χ2n) is 5.18. The van der Waals surface area contributed by atoms with E-state index < -0.39 is 0 Å². The summed E-state index contributed by atoms with van der Waals surface area (Å²) in [6.45, 7) is 5.73. The molecule has 0 bridgehead atoms. The Hall–Kier alpha value is -0.340. The Balaban J connectivity index is 2.10. The van der Waals surface area contributed by atoms with Crippen LogP contribution < -0.4 is 5.32 Å². The topological polar surface area (TPSA) is 12.0 Å². The van der Waals surface area contributed by atoms with Crippen molar-refractivity contribution >= 4 is 15.9 Å². The van der Waals surface area contributed by atoms with E-state index in [9.17, 15) is 0 Å². The fourth-order valence-electron chi connectivity index (χ4n) is 2.47. The largest absolute Gasteiger partial charge is 0.310 e. The van der Waals surface area contributed by atoms with Crippen LogP contribution in [-0.2, 0) is 0 Å². The van der Waals surface area contributed by atoms with Crippen molar-refractivity contribution in [2.45, 2.75) is 39.2 Å². The first-order valence-electron chi connectivity index (χ1n) is 6.71. The molecule has 1 nitrogen and oxygen atoms in total. The number of halogens is 1. The summed E-state index contributed by atoms with van der Waals surface area (Å²) in [6.07, 6.45) is 4.04. The van der Waals surface area contributed by atoms with E-state index in [0.29, 0.717) is 6.04 Å². The third kappa shape index (κ3) is 3.56. The lowest BCUT2D eigenvalue weighted by Crippen LogP contribution is -2.28. The van der Waals surface area contributed by atoms with Gasteiger partial charge in [-0.3, -0.25) is 0 Å². The van der Waals surface area contributed by atoms with Crippen LogP contribution >= 0.6 is 15.9 Å². The zero-order chi connectivity index (χ0) is 12.3. The van der Waals surface area contributed by atoms with Gasteiger partial charge in [-0.1, -0.05) is 41.9 Å². The van der Waals surface area contributed by atoms with Gasteiger partial charge < -0.3 is 5.32 Å². The van der Waals surface area contributed by atoms with Gasteiger partial charge in [-0.25, -0.2) is 0 Å². The first-order valence-corrected chi connectivity index (χ1v) is 7.50. The maximum atomic E-state index is 3.71. The second kappa shape index (κ2) is 6.01. The van der Waals surface area contributed by atoms with Gasteiger partial charge >= 0.3 is 0 Å². The standard InChI is InChI=1S/C15H22BrN/c1-3-10-17-15(11(2)12-4-5-12)13-6-8-14(16)9-7-13/h6-9,11-12,15,17H,3-5,10H2,1-2H3. The van der Waals surface area contributed by atoms with Gasteiger partial charge in [0, 0.05) is 10.5 Å². The number of benzene rings is 1. The molecule has 17 heavy (non-hydrogen) atoms. The van der Waals surface area contributed by atoms with Gasteiger partial charge in [-0.05, 0) is 55.3 Å². The lowest BCUT2D eigenvalue weighted by atomic mass is 9.90. The molecule has 1 aromatic carbocycles. The van der Waals surface area contributed by atoms with Crippen LogP contribution in [0.3, 0.4) is 0 Å². The molecule has 0 amide bonds. The highest BCUT2D eigenvalue weighted by Crippen LogP contribution is 2.42. The molecule has 0 spiro atoms. The Morgan fingerprint density at radius 1 is 1.29 bits per heavy atom. The van der Waals surface area contributed by atoms with E-state index in [4.69, 9.17) is 0 Å². The molecular formula is C15H22BrN. The first-order chi connectivity index (χ1) is 8.22. The highest BCUT2D eigenvalue weighted by atomic mass is 79.9. The Bertz CT molecular complexity index is 342. The van der Waals surface area contributed by atoms with E-state index in [1.54, 1.807) is 0 Å². The third-order valence-corrected chi connectivity index (χ3v) is 4.26. The zero-order valence-corrected chi connectivity index (χ0v) is 12.3. The number of rotatable bonds is 6. The van der Waals surface area contributed by atoms with Crippen molar-refractivity contribution in [3.05, 3.63) is 34.3 Å². The van der Waals surface area contributed by atoms with Crippen LogP contribution in [0.4, 0.5) is 0 Å². The first kappa shape index (κ1) is 13.1. The minimum atomic E-state index is 0.524. The SMILES string of the molecule is CCCNC(c1ccc(Br)cc1)C(C)C1CC1. The van der Waals surface area contributed by atoms with Crippen molar-refractivity contribution in [1.82, 2.24) is 5.32 Å². The average Bonchev–Trinajstić information content (AvgIpc) is 3.15. The summed E-state index contributed by atoms with van der Waals surface area (Å²) >= 11 is 3.51.